The molecule has 0 radical (unpaired) electrons. The molecule has 0 spiro atoms. The van der Waals surface area contributed by atoms with Gasteiger partial charge in [-0.15, -0.1) is 0 Å². The fourth-order valence-electron chi connectivity index (χ4n) is 2.77. The summed E-state index contributed by atoms with van der Waals surface area (Å²) in [6.45, 7) is -0.125. The van der Waals surface area contributed by atoms with Gasteiger partial charge in [0.15, 0.2) is 0 Å². The molecule has 0 saturated carbocycles. The van der Waals surface area contributed by atoms with Crippen molar-refractivity contribution in [3.63, 3.8) is 0 Å². The van der Waals surface area contributed by atoms with Gasteiger partial charge < -0.3 is 9.84 Å². The lowest BCUT2D eigenvalue weighted by atomic mass is 10.1. The Hall–Kier alpha value is -3.06. The molecular weight excluding hydrogens is 484 g/mol. The zero-order valence-corrected chi connectivity index (χ0v) is 19.8. The number of rotatable bonds is 14. The monoisotopic (exact) mass is 510 g/mol. The van der Waals surface area contributed by atoms with Crippen LogP contribution in [0.4, 0.5) is 0 Å². The zero-order chi connectivity index (χ0) is 25.0. The molecule has 12 heteroatoms. The molecule has 2 aromatic rings. The van der Waals surface area contributed by atoms with Crippen LogP contribution in [0.15, 0.2) is 82.1 Å². The van der Waals surface area contributed by atoms with Gasteiger partial charge in [0.25, 0.3) is 0 Å². The highest BCUT2D eigenvalue weighted by Crippen LogP contribution is 2.11. The Kier molecular flexibility index (Phi) is 10.4. The minimum absolute atomic E-state index is 0.0112. The molecule has 10 nitrogen and oxygen atoms in total. The maximum absolute atomic E-state index is 12.2. The third kappa shape index (κ3) is 9.06. The van der Waals surface area contributed by atoms with E-state index >= 15 is 0 Å². The van der Waals surface area contributed by atoms with Gasteiger partial charge in [0.05, 0.1) is 16.4 Å². The number of aliphatic carboxylic acids is 1. The van der Waals surface area contributed by atoms with Crippen molar-refractivity contribution in [2.24, 2.45) is 0 Å². The Morgan fingerprint density at radius 1 is 0.794 bits per heavy atom. The van der Waals surface area contributed by atoms with Gasteiger partial charge in [0.2, 0.25) is 20.0 Å². The van der Waals surface area contributed by atoms with E-state index in [0.717, 1.165) is 0 Å². The van der Waals surface area contributed by atoms with Gasteiger partial charge in [-0.1, -0.05) is 36.4 Å². The maximum atomic E-state index is 12.2. The number of carboxylic acids is 1. The van der Waals surface area contributed by atoms with Crippen LogP contribution in [0.5, 0.6) is 0 Å². The second-order valence-electron chi connectivity index (χ2n) is 7.02. The van der Waals surface area contributed by atoms with Crippen molar-refractivity contribution in [1.29, 1.82) is 0 Å². The number of nitrogens with one attached hydrogen (secondary N) is 2. The first kappa shape index (κ1) is 27.2. The Morgan fingerprint density at radius 2 is 1.26 bits per heavy atom. The molecule has 0 heterocycles. The van der Waals surface area contributed by atoms with Gasteiger partial charge in [0, 0.05) is 24.7 Å². The van der Waals surface area contributed by atoms with Crippen molar-refractivity contribution < 1.29 is 36.3 Å². The molecule has 3 N–H and O–H groups in total. The molecule has 0 aromatic heterocycles. The van der Waals surface area contributed by atoms with Crippen molar-refractivity contribution in [2.45, 2.75) is 29.1 Å². The second kappa shape index (κ2) is 13.0. The standard InChI is InChI=1S/C22H26N2O8S2/c25-21(26)17-18(9-7-14-23-33(28,29)19-10-3-1-4-11-19)22(27)32-16-8-15-24-34(30,31)20-12-5-2-6-13-20/h1-6,10-13,17,23-24H,7-9,14-16H2,(H,25,26). The highest BCUT2D eigenvalue weighted by Gasteiger charge is 2.16. The first-order valence-electron chi connectivity index (χ1n) is 10.3. The summed E-state index contributed by atoms with van der Waals surface area (Å²) >= 11 is 0. The second-order valence-corrected chi connectivity index (χ2v) is 10.6. The topological polar surface area (TPSA) is 156 Å². The molecule has 0 aliphatic carbocycles. The number of hydrogen-bond acceptors (Lipinski definition) is 7. The number of hydrogen-bond donors (Lipinski definition) is 3. The molecule has 0 amide bonds. The molecule has 0 aliphatic heterocycles. The summed E-state index contributed by atoms with van der Waals surface area (Å²) in [5.41, 5.74) is -0.128. The predicted molar refractivity (Wildman–Crippen MR) is 124 cm³/mol. The van der Waals surface area contributed by atoms with Crippen molar-refractivity contribution in [2.75, 3.05) is 19.7 Å². The van der Waals surface area contributed by atoms with Crippen molar-refractivity contribution in [1.82, 2.24) is 9.44 Å². The predicted octanol–water partition coefficient (Wildman–Crippen LogP) is 1.67. The normalized spacial score (nSPS) is 12.3. The van der Waals surface area contributed by atoms with Crippen LogP contribution in [-0.4, -0.2) is 53.6 Å². The summed E-state index contributed by atoms with van der Waals surface area (Å²) in [5.74, 6) is -2.20. The third-order valence-corrected chi connectivity index (χ3v) is 7.38. The molecule has 2 rings (SSSR count). The maximum Gasteiger partial charge on any atom is 0.334 e. The molecule has 0 atom stereocenters. The number of benzene rings is 2. The Morgan fingerprint density at radius 3 is 1.74 bits per heavy atom. The SMILES string of the molecule is O=C(O)C=C(CCCNS(=O)(=O)c1ccccc1)C(=O)OCCCNS(=O)(=O)c1ccccc1. The van der Waals surface area contributed by atoms with E-state index in [9.17, 15) is 26.4 Å². The molecule has 34 heavy (non-hydrogen) atoms. The van der Waals surface area contributed by atoms with E-state index in [-0.39, 0.29) is 54.3 Å². The van der Waals surface area contributed by atoms with Gasteiger partial charge in [-0.05, 0) is 43.5 Å². The Balaban J connectivity index is 1.78. The van der Waals surface area contributed by atoms with Gasteiger partial charge in [-0.2, -0.15) is 0 Å². The van der Waals surface area contributed by atoms with E-state index < -0.39 is 32.0 Å². The van der Waals surface area contributed by atoms with Crippen LogP contribution in [-0.2, 0) is 34.4 Å². The fraction of sp³-hybridized carbons (Fsp3) is 0.273. The van der Waals surface area contributed by atoms with Crippen molar-refractivity contribution in [3.8, 4) is 0 Å². The number of esters is 1. The van der Waals surface area contributed by atoms with E-state index in [0.29, 0.717) is 6.08 Å². The zero-order valence-electron chi connectivity index (χ0n) is 18.2. The number of carboxylic acid groups (broad SMARTS) is 1. The van der Waals surface area contributed by atoms with Gasteiger partial charge in [-0.25, -0.2) is 35.9 Å². The minimum Gasteiger partial charge on any atom is -0.478 e. The molecule has 0 bridgehead atoms. The molecule has 0 aliphatic rings. The Bertz CT molecular complexity index is 1200. The summed E-state index contributed by atoms with van der Waals surface area (Å²) in [7, 11) is -7.39. The van der Waals surface area contributed by atoms with Crippen LogP contribution >= 0.6 is 0 Å². The van der Waals surface area contributed by atoms with E-state index in [4.69, 9.17) is 9.84 Å². The molecule has 0 saturated heterocycles. The number of carbonyl (C=O) groups is 2. The lowest BCUT2D eigenvalue weighted by Gasteiger charge is -2.10. The van der Waals surface area contributed by atoms with Crippen LogP contribution in [0.2, 0.25) is 0 Å². The van der Waals surface area contributed by atoms with Gasteiger partial charge >= 0.3 is 11.9 Å². The molecular formula is C22H26N2O8S2. The number of sulfonamides is 2. The van der Waals surface area contributed by atoms with Crippen LogP contribution < -0.4 is 9.44 Å². The first-order chi connectivity index (χ1) is 16.1. The van der Waals surface area contributed by atoms with Crippen LogP contribution in [0, 0.1) is 0 Å². The summed E-state index contributed by atoms with van der Waals surface area (Å²) < 4.78 is 58.5. The summed E-state index contributed by atoms with van der Waals surface area (Å²) in [6, 6.07) is 15.5. The molecule has 0 unspecified atom stereocenters. The van der Waals surface area contributed by atoms with E-state index in [1.165, 1.54) is 24.3 Å². The smallest absolute Gasteiger partial charge is 0.334 e. The van der Waals surface area contributed by atoms with E-state index in [1.807, 2.05) is 0 Å². The highest BCUT2D eigenvalue weighted by molar-refractivity contribution is 7.89. The van der Waals surface area contributed by atoms with Gasteiger partial charge in [-0.3, -0.25) is 0 Å². The van der Waals surface area contributed by atoms with Crippen LogP contribution in [0.3, 0.4) is 0 Å². The van der Waals surface area contributed by atoms with Crippen molar-refractivity contribution in [3.05, 3.63) is 72.3 Å². The molecule has 2 aromatic carbocycles. The average Bonchev–Trinajstić information content (AvgIpc) is 2.81. The highest BCUT2D eigenvalue weighted by atomic mass is 32.2. The van der Waals surface area contributed by atoms with Gasteiger partial charge in [0.1, 0.15) is 0 Å². The summed E-state index contributed by atoms with van der Waals surface area (Å²) in [4.78, 5) is 23.5. The lowest BCUT2D eigenvalue weighted by Crippen LogP contribution is -2.26. The number of ether oxygens (including phenoxy) is 1. The van der Waals surface area contributed by atoms with E-state index in [1.54, 1.807) is 36.4 Å². The lowest BCUT2D eigenvalue weighted by molar-refractivity contribution is -0.140. The minimum atomic E-state index is -3.71. The third-order valence-electron chi connectivity index (χ3n) is 4.43. The summed E-state index contributed by atoms with van der Waals surface area (Å²) in [5, 5.41) is 9.00. The molecule has 184 valence electrons. The average molecular weight is 511 g/mol. The van der Waals surface area contributed by atoms with Crippen molar-refractivity contribution >= 4 is 32.0 Å². The Labute approximate surface area is 198 Å². The largest absolute Gasteiger partial charge is 0.478 e. The van der Waals surface area contributed by atoms with Crippen LogP contribution in [0.25, 0.3) is 0 Å². The quantitative estimate of drug-likeness (QED) is 0.197. The van der Waals surface area contributed by atoms with Crippen LogP contribution in [0.1, 0.15) is 19.3 Å². The first-order valence-corrected chi connectivity index (χ1v) is 13.3. The molecule has 0 fully saturated rings. The fourth-order valence-corrected chi connectivity index (χ4v) is 4.96. The number of carbonyl (C=O) groups excluding carboxylic acids is 1. The van der Waals surface area contributed by atoms with E-state index in [2.05, 4.69) is 9.44 Å². The summed E-state index contributed by atoms with van der Waals surface area (Å²) in [6.07, 6.45) is 1.03.